The van der Waals surface area contributed by atoms with Gasteiger partial charge in [0.15, 0.2) is 12.7 Å². The first-order valence-corrected chi connectivity index (χ1v) is 16.0. The Morgan fingerprint density at radius 3 is 1.44 bits per heavy atom. The molecule has 8 rings (SSSR count). The molecule has 236 valence electrons. The van der Waals surface area contributed by atoms with Crippen LogP contribution in [-0.4, -0.2) is 24.9 Å². The Balaban J connectivity index is 0.00000201. The van der Waals surface area contributed by atoms with Crippen LogP contribution in [0, 0.1) is 24.3 Å². The monoisotopic (exact) mass is 825 g/mol. The summed E-state index contributed by atoms with van der Waals surface area (Å²) in [4.78, 5) is 21.4. The smallest absolute Gasteiger partial charge is 0.503 e. The van der Waals surface area contributed by atoms with Gasteiger partial charge in [0.2, 0.25) is 0 Å². The Hall–Kier alpha value is -4.66. The van der Waals surface area contributed by atoms with Gasteiger partial charge in [-0.25, -0.2) is 15.0 Å². The van der Waals surface area contributed by atoms with Crippen molar-refractivity contribution in [3.63, 3.8) is 0 Å². The quantitative estimate of drug-likeness (QED) is 0.104. The fourth-order valence-electron chi connectivity index (χ4n) is 5.28. The summed E-state index contributed by atoms with van der Waals surface area (Å²) in [5, 5.41) is 0.841. The normalized spacial score (nSPS) is 12.1. The van der Waals surface area contributed by atoms with E-state index in [4.69, 9.17) is 9.47 Å². The van der Waals surface area contributed by atoms with Crippen LogP contribution in [0.1, 0.15) is 0 Å². The van der Waals surface area contributed by atoms with Crippen LogP contribution >= 0.6 is 7.14 Å². The molecule has 0 saturated heterocycles. The first kappa shape index (κ1) is 33.3. The molecule has 1 aliphatic rings. The molecule has 0 saturated carbocycles. The van der Waals surface area contributed by atoms with Crippen molar-refractivity contribution in [1.29, 1.82) is 0 Å². The van der Waals surface area contributed by atoms with Crippen molar-refractivity contribution in [3.8, 4) is 56.6 Å². The zero-order chi connectivity index (χ0) is 30.9. The summed E-state index contributed by atoms with van der Waals surface area (Å²) >= 11 is 0. The predicted octanol–water partition coefficient (Wildman–Crippen LogP) is 6.40. The third-order valence-corrected chi connectivity index (χ3v) is 10.1. The molecule has 4 aromatic carbocycles. The molecule has 8 nitrogen and oxygen atoms in total. The molecule has 0 unspecified atom stereocenters. The number of pyridine rings is 2. The third-order valence-electron chi connectivity index (χ3n) is 7.34. The van der Waals surface area contributed by atoms with Crippen LogP contribution in [0.4, 0.5) is 0 Å². The summed E-state index contributed by atoms with van der Waals surface area (Å²) in [6.45, 7) is 0. The number of fused-ring (bicyclic) bond motifs is 3. The summed E-state index contributed by atoms with van der Waals surface area (Å²) in [6, 6.07) is 42.9. The minimum Gasteiger partial charge on any atom is -0.503 e. The van der Waals surface area contributed by atoms with Gasteiger partial charge in [-0.3, -0.25) is 0 Å². The van der Waals surface area contributed by atoms with Crippen molar-refractivity contribution in [3.05, 3.63) is 146 Å². The number of benzene rings is 4. The van der Waals surface area contributed by atoms with Gasteiger partial charge < -0.3 is 24.0 Å². The molecule has 3 aromatic heterocycles. The van der Waals surface area contributed by atoms with E-state index in [0.29, 0.717) is 33.6 Å². The van der Waals surface area contributed by atoms with Crippen molar-refractivity contribution in [2.45, 2.75) is 0 Å². The summed E-state index contributed by atoms with van der Waals surface area (Å²) < 4.78 is 27.6. The van der Waals surface area contributed by atoms with Crippen molar-refractivity contribution < 1.29 is 54.9 Å². The molecule has 48 heavy (non-hydrogen) atoms. The fraction of sp³-hybridized carbons (Fsp3) is 0. The number of hydrogen-bond acceptors (Lipinski definition) is 8. The Kier molecular flexibility index (Phi) is 9.85. The Labute approximate surface area is 304 Å². The Bertz CT molecular complexity index is 2120. The van der Waals surface area contributed by atoms with E-state index in [1.165, 1.54) is 12.7 Å². The topological polar surface area (TPSA) is 100.0 Å². The summed E-state index contributed by atoms with van der Waals surface area (Å²) in [5.41, 5.74) is 4.69. The maximum atomic E-state index is 15.2. The largest absolute Gasteiger partial charge is 2.00 e. The van der Waals surface area contributed by atoms with Gasteiger partial charge in [-0.2, -0.15) is 23.3 Å². The molecular weight excluding hydrogens is 806 g/mol. The minimum atomic E-state index is -3.65. The van der Waals surface area contributed by atoms with E-state index in [0.717, 1.165) is 33.6 Å². The zero-order valence-corrected chi connectivity index (χ0v) is 28.6. The molecule has 7 aromatic rings. The van der Waals surface area contributed by atoms with E-state index < -0.39 is 7.14 Å². The van der Waals surface area contributed by atoms with Crippen LogP contribution in [0.3, 0.4) is 0 Å². The average molecular weight is 826 g/mol. The second-order valence-corrected chi connectivity index (χ2v) is 12.7. The Morgan fingerprint density at radius 1 is 0.500 bits per heavy atom. The molecule has 0 N–H and O–H groups in total. The van der Waals surface area contributed by atoms with Gasteiger partial charge in [-0.1, -0.05) is 47.0 Å². The van der Waals surface area contributed by atoms with Gasteiger partial charge in [0.05, 0.1) is 0 Å². The molecule has 0 amide bonds. The second-order valence-electron chi connectivity index (χ2n) is 10.2. The summed E-state index contributed by atoms with van der Waals surface area (Å²) in [5.74, 6) is 1.67. The molecule has 1 aliphatic heterocycles. The van der Waals surface area contributed by atoms with Crippen molar-refractivity contribution in [1.82, 2.24) is 24.9 Å². The predicted molar refractivity (Wildman–Crippen MR) is 173 cm³/mol. The number of aromatic nitrogens is 5. The number of hydrogen-bond donors (Lipinski definition) is 0. The second kappa shape index (κ2) is 14.2. The van der Waals surface area contributed by atoms with Gasteiger partial charge >= 0.3 is 40.8 Å². The maximum Gasteiger partial charge on any atom is 2.00 e. The molecule has 0 atom stereocenters. The fourth-order valence-corrected chi connectivity index (χ4v) is 7.94. The van der Waals surface area contributed by atoms with Crippen LogP contribution in [0.5, 0.6) is 23.0 Å². The number of ether oxygens (including phenoxy) is 2. The van der Waals surface area contributed by atoms with Crippen LogP contribution in [0.2, 0.25) is 0 Å². The van der Waals surface area contributed by atoms with E-state index in [9.17, 15) is 0 Å². The van der Waals surface area contributed by atoms with E-state index >= 15 is 4.57 Å². The molecule has 0 fully saturated rings. The molecule has 0 bridgehead atoms. The number of rotatable bonds is 7. The van der Waals surface area contributed by atoms with Gasteiger partial charge in [0, 0.05) is 35.4 Å². The van der Waals surface area contributed by atoms with E-state index in [1.807, 2.05) is 72.8 Å². The molecule has 0 spiro atoms. The first-order chi connectivity index (χ1) is 22.6. The van der Waals surface area contributed by atoms with Crippen LogP contribution < -0.4 is 25.6 Å². The van der Waals surface area contributed by atoms with Gasteiger partial charge in [0.1, 0.15) is 12.7 Å². The molecule has 4 heterocycles. The van der Waals surface area contributed by atoms with Crippen LogP contribution in [0.15, 0.2) is 122 Å². The molecular formula is C37H20N5O3PPd2. The molecule has 11 heteroatoms. The summed E-state index contributed by atoms with van der Waals surface area (Å²) in [7, 11) is -3.65. The number of nitrogens with zero attached hydrogens (tertiary/aromatic N) is 5. The van der Waals surface area contributed by atoms with Gasteiger partial charge in [0.25, 0.3) is 0 Å². The van der Waals surface area contributed by atoms with Crippen molar-refractivity contribution >= 4 is 23.3 Å². The Morgan fingerprint density at radius 2 is 0.979 bits per heavy atom. The average Bonchev–Trinajstić information content (AvgIpc) is 3.37. The zero-order valence-electron chi connectivity index (χ0n) is 24.6. The summed E-state index contributed by atoms with van der Waals surface area (Å²) in [6.07, 6.45) is 6.12. The SMILES string of the molecule is O=P1(c2ncncn2)c2[c-]c(Oc3[c-]c(-c4ccccn4)ccc3)ccc2-c2ccc(Oc3[c-]c(-c4ccccn4)ccc3)[c-]c21.[Pd+2].[Pd+2]. The molecule has 0 aliphatic carbocycles. The molecule has 0 radical (unpaired) electrons. The van der Waals surface area contributed by atoms with Gasteiger partial charge in [-0.05, 0) is 23.5 Å². The maximum absolute atomic E-state index is 15.2. The van der Waals surface area contributed by atoms with Crippen molar-refractivity contribution in [2.24, 2.45) is 0 Å². The minimum absolute atomic E-state index is 0. The van der Waals surface area contributed by atoms with Crippen LogP contribution in [0.25, 0.3) is 33.6 Å². The van der Waals surface area contributed by atoms with E-state index in [2.05, 4.69) is 49.2 Å². The first-order valence-electron chi connectivity index (χ1n) is 14.3. The standard InChI is InChI=1S/C37H20N5O3P.2Pd/c43-46(37-41-23-38-24-42-37)35-21-29(44-27-9-5-7-25(19-27)33-11-1-3-17-39-33)13-15-31(35)32-16-14-30(22-36(32)46)45-28-10-6-8-26(20-28)34-12-2-4-18-40-34;;/h1-18,23-24H;;/q-4;2*+2. The van der Waals surface area contributed by atoms with Crippen molar-refractivity contribution in [2.75, 3.05) is 0 Å². The van der Waals surface area contributed by atoms with Gasteiger partial charge in [-0.15, -0.1) is 71.8 Å². The third kappa shape index (κ3) is 6.30. The van der Waals surface area contributed by atoms with Crippen LogP contribution in [-0.2, 0) is 45.4 Å². The van der Waals surface area contributed by atoms with E-state index in [1.54, 1.807) is 36.7 Å². The van der Waals surface area contributed by atoms with E-state index in [-0.39, 0.29) is 46.4 Å².